The lowest BCUT2D eigenvalue weighted by Gasteiger charge is -2.09. The normalized spacial score (nSPS) is 9.38. The highest BCUT2D eigenvalue weighted by Crippen LogP contribution is 1.95. The molecule has 0 unspecified atom stereocenters. The average molecular weight is 273 g/mol. The van der Waals surface area contributed by atoms with Crippen LogP contribution in [-0.4, -0.2) is 17.5 Å². The van der Waals surface area contributed by atoms with Crippen LogP contribution in [0, 0.1) is 0 Å². The summed E-state index contributed by atoms with van der Waals surface area (Å²) >= 11 is 9.53. The monoisotopic (exact) mass is 272 g/mol. The van der Waals surface area contributed by atoms with E-state index in [0.29, 0.717) is 12.2 Å². The topological polar surface area (TPSA) is 9.23 Å². The van der Waals surface area contributed by atoms with Crippen molar-refractivity contribution in [3.05, 3.63) is 0 Å². The molecule has 0 fully saturated rings. The standard InChI is InChI=1S/C6H14O.C6H14.CH2Cl2/c1-5(2)7-6(3)4;1-3-5-6-4-2;2-1-3/h5-6H,1-4H3;3-6H2,1-2H3;1H2. The minimum Gasteiger partial charge on any atom is -0.376 e. The van der Waals surface area contributed by atoms with Crippen LogP contribution in [0.25, 0.3) is 0 Å². The first kappa shape index (κ1) is 21.8. The first-order valence-electron chi connectivity index (χ1n) is 6.23. The highest BCUT2D eigenvalue weighted by atomic mass is 35.5. The Bertz CT molecular complexity index is 85.9. The van der Waals surface area contributed by atoms with E-state index < -0.39 is 0 Å². The van der Waals surface area contributed by atoms with Crippen LogP contribution in [0.5, 0.6) is 0 Å². The Morgan fingerprint density at radius 1 is 0.812 bits per heavy atom. The third-order valence-electron chi connectivity index (χ3n) is 1.50. The quantitative estimate of drug-likeness (QED) is 0.452. The first-order chi connectivity index (χ1) is 7.45. The van der Waals surface area contributed by atoms with Crippen molar-refractivity contribution in [3.8, 4) is 0 Å². The molecular weight excluding hydrogens is 243 g/mol. The zero-order valence-electron chi connectivity index (χ0n) is 11.9. The fourth-order valence-corrected chi connectivity index (χ4v) is 1.04. The minimum atomic E-state index is 0.194. The van der Waals surface area contributed by atoms with Gasteiger partial charge < -0.3 is 4.74 Å². The van der Waals surface area contributed by atoms with E-state index in [2.05, 4.69) is 13.8 Å². The van der Waals surface area contributed by atoms with Gasteiger partial charge in [-0.1, -0.05) is 39.5 Å². The lowest BCUT2D eigenvalue weighted by Crippen LogP contribution is -2.09. The van der Waals surface area contributed by atoms with E-state index in [9.17, 15) is 0 Å². The van der Waals surface area contributed by atoms with Gasteiger partial charge in [0.25, 0.3) is 0 Å². The predicted octanol–water partition coefficient (Wildman–Crippen LogP) is 5.83. The molecule has 102 valence electrons. The smallest absolute Gasteiger partial charge is 0.0967 e. The SMILES string of the molecule is CC(C)OC(C)C.CCCCCC.ClCCl. The summed E-state index contributed by atoms with van der Waals surface area (Å²) in [6.45, 7) is 12.6. The maximum atomic E-state index is 5.25. The molecule has 0 aliphatic heterocycles. The summed E-state index contributed by atoms with van der Waals surface area (Å²) in [5.41, 5.74) is 0. The summed E-state index contributed by atoms with van der Waals surface area (Å²) in [6, 6.07) is 0. The molecule has 0 aromatic heterocycles. The van der Waals surface area contributed by atoms with Crippen LogP contribution < -0.4 is 0 Å². The summed E-state index contributed by atoms with van der Waals surface area (Å²) in [6.07, 6.45) is 6.29. The van der Waals surface area contributed by atoms with E-state index in [0.717, 1.165) is 0 Å². The van der Waals surface area contributed by atoms with Crippen LogP contribution in [0.15, 0.2) is 0 Å². The number of rotatable bonds is 5. The summed E-state index contributed by atoms with van der Waals surface area (Å²) in [5.74, 6) is 0. The molecule has 0 N–H and O–H groups in total. The van der Waals surface area contributed by atoms with Crippen LogP contribution >= 0.6 is 23.2 Å². The Hall–Kier alpha value is 0.540. The third-order valence-corrected chi connectivity index (χ3v) is 1.50. The number of unbranched alkanes of at least 4 members (excludes halogenated alkanes) is 3. The molecule has 0 saturated carbocycles. The molecule has 3 heteroatoms. The van der Waals surface area contributed by atoms with Gasteiger partial charge in [0.1, 0.15) is 0 Å². The molecule has 0 aromatic rings. The molecule has 0 bridgehead atoms. The fourth-order valence-electron chi connectivity index (χ4n) is 1.04. The van der Waals surface area contributed by atoms with Gasteiger partial charge in [0.15, 0.2) is 0 Å². The molecule has 0 rings (SSSR count). The van der Waals surface area contributed by atoms with Gasteiger partial charge in [0, 0.05) is 0 Å². The molecule has 0 saturated heterocycles. The van der Waals surface area contributed by atoms with Crippen molar-refractivity contribution in [2.45, 2.75) is 79.4 Å². The zero-order chi connectivity index (χ0) is 13.4. The largest absolute Gasteiger partial charge is 0.376 e. The van der Waals surface area contributed by atoms with Gasteiger partial charge >= 0.3 is 0 Å². The summed E-state index contributed by atoms with van der Waals surface area (Å²) in [7, 11) is 0. The number of halogens is 2. The van der Waals surface area contributed by atoms with E-state index in [1.54, 1.807) is 0 Å². The van der Waals surface area contributed by atoms with Gasteiger partial charge in [-0.15, -0.1) is 23.2 Å². The summed E-state index contributed by atoms with van der Waals surface area (Å²) in [4.78, 5) is 0. The maximum absolute atomic E-state index is 5.25. The second kappa shape index (κ2) is 20.9. The van der Waals surface area contributed by atoms with Crippen LogP contribution in [0.3, 0.4) is 0 Å². The number of alkyl halides is 2. The van der Waals surface area contributed by atoms with Crippen molar-refractivity contribution in [3.63, 3.8) is 0 Å². The Balaban J connectivity index is -0.000000172. The van der Waals surface area contributed by atoms with Gasteiger partial charge in [-0.3, -0.25) is 0 Å². The molecule has 0 heterocycles. The summed E-state index contributed by atoms with van der Waals surface area (Å²) < 4.78 is 5.25. The van der Waals surface area contributed by atoms with Crippen LogP contribution in [0.2, 0.25) is 0 Å². The minimum absolute atomic E-state index is 0.194. The number of hydrogen-bond donors (Lipinski definition) is 0. The van der Waals surface area contributed by atoms with E-state index in [4.69, 9.17) is 27.9 Å². The lowest BCUT2D eigenvalue weighted by molar-refractivity contribution is 0.0300. The lowest BCUT2D eigenvalue weighted by atomic mass is 10.2. The molecule has 16 heavy (non-hydrogen) atoms. The number of ether oxygens (including phenoxy) is 1. The van der Waals surface area contributed by atoms with Crippen LogP contribution in [0.4, 0.5) is 0 Å². The van der Waals surface area contributed by atoms with Gasteiger partial charge in [-0.05, 0) is 27.7 Å². The molecule has 0 atom stereocenters. The Labute approximate surface area is 113 Å². The second-order valence-corrected chi connectivity index (χ2v) is 4.85. The van der Waals surface area contributed by atoms with Crippen molar-refractivity contribution in [1.29, 1.82) is 0 Å². The average Bonchev–Trinajstić information content (AvgIpc) is 2.14. The fraction of sp³-hybridized carbons (Fsp3) is 1.00. The van der Waals surface area contributed by atoms with Gasteiger partial charge in [0.2, 0.25) is 0 Å². The first-order valence-corrected chi connectivity index (χ1v) is 7.30. The third kappa shape index (κ3) is 46.9. The highest BCUT2D eigenvalue weighted by Gasteiger charge is 1.94. The molecule has 0 radical (unpaired) electrons. The molecular formula is C13H30Cl2O. The Morgan fingerprint density at radius 3 is 1.12 bits per heavy atom. The Kier molecular flexibility index (Phi) is 28.4. The molecule has 1 nitrogen and oxygen atoms in total. The molecule has 0 spiro atoms. The Morgan fingerprint density at radius 2 is 1.06 bits per heavy atom. The van der Waals surface area contributed by atoms with E-state index >= 15 is 0 Å². The molecule has 0 aromatic carbocycles. The van der Waals surface area contributed by atoms with Crippen molar-refractivity contribution < 1.29 is 4.74 Å². The van der Waals surface area contributed by atoms with E-state index in [-0.39, 0.29) is 5.34 Å². The van der Waals surface area contributed by atoms with Crippen molar-refractivity contribution in [2.24, 2.45) is 0 Å². The zero-order valence-corrected chi connectivity index (χ0v) is 13.4. The van der Waals surface area contributed by atoms with Gasteiger partial charge in [-0.2, -0.15) is 0 Å². The highest BCUT2D eigenvalue weighted by molar-refractivity contribution is 6.40. The molecule has 0 aliphatic carbocycles. The maximum Gasteiger partial charge on any atom is 0.0967 e. The van der Waals surface area contributed by atoms with Crippen LogP contribution in [0.1, 0.15) is 67.2 Å². The molecule has 0 amide bonds. The molecule has 0 aliphatic rings. The number of hydrogen-bond acceptors (Lipinski definition) is 1. The van der Waals surface area contributed by atoms with Gasteiger partial charge in [-0.25, -0.2) is 0 Å². The van der Waals surface area contributed by atoms with Crippen LogP contribution in [-0.2, 0) is 4.74 Å². The van der Waals surface area contributed by atoms with E-state index in [1.165, 1.54) is 25.7 Å². The van der Waals surface area contributed by atoms with E-state index in [1.807, 2.05) is 27.7 Å². The second-order valence-electron chi connectivity index (χ2n) is 4.04. The summed E-state index contributed by atoms with van der Waals surface area (Å²) in [5, 5.41) is 0.194. The van der Waals surface area contributed by atoms with Crippen molar-refractivity contribution >= 4 is 23.2 Å². The predicted molar refractivity (Wildman–Crippen MR) is 77.7 cm³/mol. The van der Waals surface area contributed by atoms with Gasteiger partial charge in [0.05, 0.1) is 17.5 Å². The van der Waals surface area contributed by atoms with Crippen molar-refractivity contribution in [1.82, 2.24) is 0 Å². The van der Waals surface area contributed by atoms with Crippen molar-refractivity contribution in [2.75, 3.05) is 5.34 Å².